The lowest BCUT2D eigenvalue weighted by Gasteiger charge is -2.21. The number of aromatic nitrogens is 2. The van der Waals surface area contributed by atoms with E-state index in [1.54, 1.807) is 0 Å². The summed E-state index contributed by atoms with van der Waals surface area (Å²) in [6, 6.07) is 8.62. The predicted octanol–water partition coefficient (Wildman–Crippen LogP) is 2.73. The van der Waals surface area contributed by atoms with Crippen LogP contribution >= 0.6 is 0 Å². The van der Waals surface area contributed by atoms with E-state index < -0.39 is 0 Å². The van der Waals surface area contributed by atoms with Crippen molar-refractivity contribution in [1.82, 2.24) is 15.5 Å². The Balaban J connectivity index is 2.41. The zero-order valence-corrected chi connectivity index (χ0v) is 10.6. The number of hydrogen-bond donors (Lipinski definition) is 1. The highest BCUT2D eigenvalue weighted by Crippen LogP contribution is 2.25. The van der Waals surface area contributed by atoms with Gasteiger partial charge in [-0.15, -0.1) is 0 Å². The van der Waals surface area contributed by atoms with E-state index in [0.29, 0.717) is 12.0 Å². The Morgan fingerprint density at radius 1 is 1.24 bits per heavy atom. The maximum absolute atomic E-state index is 4.16. The van der Waals surface area contributed by atoms with Gasteiger partial charge in [0.15, 0.2) is 0 Å². The molecule has 90 valence electrons. The summed E-state index contributed by atoms with van der Waals surface area (Å²) in [4.78, 5) is 0. The number of nitrogens with zero attached hydrogens (tertiary/aromatic N) is 2. The molecule has 1 aromatic heterocycles. The molecule has 0 saturated carbocycles. The maximum atomic E-state index is 4.16. The van der Waals surface area contributed by atoms with E-state index in [4.69, 9.17) is 0 Å². The molecule has 2 unspecified atom stereocenters. The lowest BCUT2D eigenvalue weighted by Crippen LogP contribution is -2.30. The zero-order valence-electron chi connectivity index (χ0n) is 10.6. The summed E-state index contributed by atoms with van der Waals surface area (Å²) >= 11 is 0. The first-order valence-corrected chi connectivity index (χ1v) is 6.17. The normalized spacial score (nSPS) is 14.8. The van der Waals surface area contributed by atoms with Crippen LogP contribution in [0.2, 0.25) is 0 Å². The molecule has 1 heterocycles. The van der Waals surface area contributed by atoms with Gasteiger partial charge in [0, 0.05) is 11.4 Å². The van der Waals surface area contributed by atoms with Crippen molar-refractivity contribution in [1.29, 1.82) is 0 Å². The van der Waals surface area contributed by atoms with Gasteiger partial charge >= 0.3 is 0 Å². The number of hydrogen-bond acceptors (Lipinski definition) is 3. The first kappa shape index (κ1) is 12.0. The Labute approximate surface area is 102 Å². The van der Waals surface area contributed by atoms with Crippen LogP contribution in [0.5, 0.6) is 0 Å². The quantitative estimate of drug-likeness (QED) is 0.876. The summed E-state index contributed by atoms with van der Waals surface area (Å²) in [6.07, 6.45) is 1.89. The molecule has 0 fully saturated rings. The third kappa shape index (κ3) is 2.44. The molecular weight excluding hydrogens is 210 g/mol. The average Bonchev–Trinajstić information content (AvgIpc) is 2.37. The first-order valence-electron chi connectivity index (χ1n) is 6.17. The van der Waals surface area contributed by atoms with Gasteiger partial charge in [-0.2, -0.15) is 10.2 Å². The van der Waals surface area contributed by atoms with Gasteiger partial charge in [0.25, 0.3) is 0 Å². The smallest absolute Gasteiger partial charge is 0.0932 e. The number of likely N-dealkylation sites (N-methyl/N-ethyl adjacent to an activating group) is 1. The molecule has 2 aromatic rings. The molecule has 17 heavy (non-hydrogen) atoms. The standard InChI is InChI=1S/C14H19N3/c1-4-15-11(3)10(2)13-9-16-17-14-8-6-5-7-12(13)14/h5-11,15H,4H2,1-3H3. The summed E-state index contributed by atoms with van der Waals surface area (Å²) in [6.45, 7) is 7.56. The van der Waals surface area contributed by atoms with Crippen molar-refractivity contribution in [2.45, 2.75) is 32.7 Å². The van der Waals surface area contributed by atoms with Crippen molar-refractivity contribution in [3.63, 3.8) is 0 Å². The monoisotopic (exact) mass is 229 g/mol. The fourth-order valence-electron chi connectivity index (χ4n) is 2.16. The highest BCUT2D eigenvalue weighted by molar-refractivity contribution is 5.81. The molecule has 2 rings (SSSR count). The second-order valence-electron chi connectivity index (χ2n) is 4.45. The SMILES string of the molecule is CCNC(C)C(C)c1cnnc2ccccc12. The van der Waals surface area contributed by atoms with Crippen LogP contribution < -0.4 is 5.32 Å². The van der Waals surface area contributed by atoms with Gasteiger partial charge in [0.1, 0.15) is 0 Å². The molecule has 2 atom stereocenters. The number of fused-ring (bicyclic) bond motifs is 1. The van der Waals surface area contributed by atoms with Crippen LogP contribution in [0.4, 0.5) is 0 Å². The summed E-state index contributed by atoms with van der Waals surface area (Å²) in [7, 11) is 0. The predicted molar refractivity (Wildman–Crippen MR) is 71.1 cm³/mol. The second kappa shape index (κ2) is 5.23. The minimum atomic E-state index is 0.426. The largest absolute Gasteiger partial charge is 0.314 e. The number of benzene rings is 1. The van der Waals surface area contributed by atoms with Crippen molar-refractivity contribution in [3.05, 3.63) is 36.0 Å². The third-order valence-corrected chi connectivity index (χ3v) is 3.34. The molecule has 3 nitrogen and oxygen atoms in total. The van der Waals surface area contributed by atoms with Gasteiger partial charge in [-0.05, 0) is 31.0 Å². The van der Waals surface area contributed by atoms with E-state index in [1.165, 1.54) is 10.9 Å². The Morgan fingerprint density at radius 2 is 2.00 bits per heavy atom. The van der Waals surface area contributed by atoms with Crippen molar-refractivity contribution in [2.75, 3.05) is 6.54 Å². The molecule has 0 spiro atoms. The molecule has 1 aromatic carbocycles. The lowest BCUT2D eigenvalue weighted by molar-refractivity contribution is 0.496. The third-order valence-electron chi connectivity index (χ3n) is 3.34. The minimum Gasteiger partial charge on any atom is -0.314 e. The molecule has 0 saturated heterocycles. The van der Waals surface area contributed by atoms with Crippen LogP contribution in [-0.4, -0.2) is 22.8 Å². The fraction of sp³-hybridized carbons (Fsp3) is 0.429. The minimum absolute atomic E-state index is 0.426. The highest BCUT2D eigenvalue weighted by atomic mass is 15.1. The van der Waals surface area contributed by atoms with Gasteiger partial charge in [0.2, 0.25) is 0 Å². The van der Waals surface area contributed by atoms with Crippen LogP contribution in [0, 0.1) is 0 Å². The summed E-state index contributed by atoms with van der Waals surface area (Å²) in [5.74, 6) is 0.426. The zero-order chi connectivity index (χ0) is 12.3. The van der Waals surface area contributed by atoms with E-state index in [1.807, 2.05) is 18.3 Å². The fourth-order valence-corrected chi connectivity index (χ4v) is 2.16. The molecule has 0 amide bonds. The van der Waals surface area contributed by atoms with Crippen molar-refractivity contribution in [2.24, 2.45) is 0 Å². The van der Waals surface area contributed by atoms with Gasteiger partial charge in [-0.25, -0.2) is 0 Å². The van der Waals surface area contributed by atoms with Gasteiger partial charge in [-0.3, -0.25) is 0 Å². The molecule has 0 aliphatic rings. The Hall–Kier alpha value is -1.48. The highest BCUT2D eigenvalue weighted by Gasteiger charge is 2.16. The molecule has 0 aliphatic heterocycles. The number of rotatable bonds is 4. The molecule has 0 radical (unpaired) electrons. The lowest BCUT2D eigenvalue weighted by atomic mass is 9.93. The van der Waals surface area contributed by atoms with Crippen molar-refractivity contribution < 1.29 is 0 Å². The maximum Gasteiger partial charge on any atom is 0.0932 e. The molecule has 0 bridgehead atoms. The average molecular weight is 229 g/mol. The van der Waals surface area contributed by atoms with Crippen LogP contribution in [0.3, 0.4) is 0 Å². The molecule has 3 heteroatoms. The summed E-state index contributed by atoms with van der Waals surface area (Å²) in [5, 5.41) is 12.9. The Bertz CT molecular complexity index is 490. The molecule has 1 N–H and O–H groups in total. The van der Waals surface area contributed by atoms with Crippen molar-refractivity contribution in [3.8, 4) is 0 Å². The summed E-state index contributed by atoms with van der Waals surface area (Å²) in [5.41, 5.74) is 2.24. The van der Waals surface area contributed by atoms with Crippen LogP contribution in [-0.2, 0) is 0 Å². The van der Waals surface area contributed by atoms with Gasteiger partial charge in [-0.1, -0.05) is 32.0 Å². The second-order valence-corrected chi connectivity index (χ2v) is 4.45. The Morgan fingerprint density at radius 3 is 2.76 bits per heavy atom. The van der Waals surface area contributed by atoms with E-state index in [9.17, 15) is 0 Å². The first-order chi connectivity index (χ1) is 8.24. The van der Waals surface area contributed by atoms with Crippen LogP contribution in [0.1, 0.15) is 32.3 Å². The van der Waals surface area contributed by atoms with Gasteiger partial charge in [0.05, 0.1) is 11.7 Å². The van der Waals surface area contributed by atoms with E-state index in [2.05, 4.69) is 48.4 Å². The van der Waals surface area contributed by atoms with Gasteiger partial charge < -0.3 is 5.32 Å². The van der Waals surface area contributed by atoms with E-state index in [-0.39, 0.29) is 0 Å². The van der Waals surface area contributed by atoms with E-state index in [0.717, 1.165) is 12.1 Å². The molecular formula is C14H19N3. The number of nitrogens with one attached hydrogen (secondary N) is 1. The van der Waals surface area contributed by atoms with Crippen LogP contribution in [0.25, 0.3) is 10.9 Å². The van der Waals surface area contributed by atoms with Crippen LogP contribution in [0.15, 0.2) is 30.5 Å². The summed E-state index contributed by atoms with van der Waals surface area (Å²) < 4.78 is 0. The van der Waals surface area contributed by atoms with E-state index >= 15 is 0 Å². The topological polar surface area (TPSA) is 37.8 Å². The van der Waals surface area contributed by atoms with Crippen molar-refractivity contribution >= 4 is 10.9 Å². The Kier molecular flexibility index (Phi) is 3.69. The molecule has 0 aliphatic carbocycles.